The third kappa shape index (κ3) is 6.60. The highest BCUT2D eigenvalue weighted by Gasteiger charge is 2.21. The first kappa shape index (κ1) is 17.8. The molecule has 2 heteroatoms. The van der Waals surface area contributed by atoms with Gasteiger partial charge in [0.25, 0.3) is 0 Å². The summed E-state index contributed by atoms with van der Waals surface area (Å²) in [6.07, 6.45) is 12.7. The van der Waals surface area contributed by atoms with Gasteiger partial charge in [-0.1, -0.05) is 75.8 Å². The summed E-state index contributed by atoms with van der Waals surface area (Å²) in [7, 11) is 0. The summed E-state index contributed by atoms with van der Waals surface area (Å²) < 4.78 is 0. The Labute approximate surface area is 141 Å². The SMILES string of the molecule is CCCCCCCCCNC1=CC(=O)CC(c2ccccc2)C1. The van der Waals surface area contributed by atoms with Gasteiger partial charge in [0, 0.05) is 24.7 Å². The first-order valence-corrected chi connectivity index (χ1v) is 9.32. The van der Waals surface area contributed by atoms with Crippen molar-refractivity contribution in [2.45, 2.75) is 70.6 Å². The lowest BCUT2D eigenvalue weighted by Gasteiger charge is -2.23. The van der Waals surface area contributed by atoms with Gasteiger partial charge in [-0.15, -0.1) is 0 Å². The Kier molecular flexibility index (Phi) is 7.92. The van der Waals surface area contributed by atoms with Crippen LogP contribution in [-0.4, -0.2) is 12.3 Å². The van der Waals surface area contributed by atoms with E-state index in [-0.39, 0.29) is 5.78 Å². The summed E-state index contributed by atoms with van der Waals surface area (Å²) >= 11 is 0. The maximum Gasteiger partial charge on any atom is 0.158 e. The molecule has 0 aliphatic heterocycles. The molecule has 1 unspecified atom stereocenters. The Morgan fingerprint density at radius 2 is 1.65 bits per heavy atom. The second kappa shape index (κ2) is 10.3. The maximum absolute atomic E-state index is 12.0. The zero-order chi connectivity index (χ0) is 16.3. The van der Waals surface area contributed by atoms with Crippen LogP contribution in [-0.2, 0) is 4.79 Å². The highest BCUT2D eigenvalue weighted by Crippen LogP contribution is 2.30. The molecular weight excluding hydrogens is 282 g/mol. The Hall–Kier alpha value is -1.57. The van der Waals surface area contributed by atoms with Crippen LogP contribution >= 0.6 is 0 Å². The largest absolute Gasteiger partial charge is 0.388 e. The van der Waals surface area contributed by atoms with Crippen LogP contribution in [0.15, 0.2) is 42.1 Å². The molecule has 0 aromatic heterocycles. The first-order chi connectivity index (χ1) is 11.3. The summed E-state index contributed by atoms with van der Waals surface area (Å²) in [5, 5.41) is 3.49. The molecule has 0 saturated heterocycles. The predicted octanol–water partition coefficient (Wildman–Crippen LogP) is 5.36. The molecule has 2 rings (SSSR count). The van der Waals surface area contributed by atoms with Gasteiger partial charge < -0.3 is 5.32 Å². The summed E-state index contributed by atoms with van der Waals surface area (Å²) in [5.41, 5.74) is 2.41. The molecule has 1 atom stereocenters. The Bertz CT molecular complexity index is 492. The summed E-state index contributed by atoms with van der Waals surface area (Å²) in [6.45, 7) is 3.25. The molecule has 1 aromatic carbocycles. The molecule has 1 aliphatic rings. The van der Waals surface area contributed by atoms with E-state index in [0.717, 1.165) is 18.7 Å². The van der Waals surface area contributed by atoms with Crippen molar-refractivity contribution in [3.63, 3.8) is 0 Å². The van der Waals surface area contributed by atoms with Crippen molar-refractivity contribution in [1.29, 1.82) is 0 Å². The lowest BCUT2D eigenvalue weighted by atomic mass is 9.85. The smallest absolute Gasteiger partial charge is 0.158 e. The number of allylic oxidation sites excluding steroid dienone is 2. The number of ketones is 1. The molecule has 1 N–H and O–H groups in total. The second-order valence-electron chi connectivity index (χ2n) is 6.70. The van der Waals surface area contributed by atoms with Gasteiger partial charge in [0.15, 0.2) is 5.78 Å². The van der Waals surface area contributed by atoms with Gasteiger partial charge in [-0.05, 0) is 24.3 Å². The van der Waals surface area contributed by atoms with Gasteiger partial charge in [0.1, 0.15) is 0 Å². The van der Waals surface area contributed by atoms with E-state index in [9.17, 15) is 4.79 Å². The minimum Gasteiger partial charge on any atom is -0.388 e. The zero-order valence-corrected chi connectivity index (χ0v) is 14.5. The van der Waals surface area contributed by atoms with Crippen molar-refractivity contribution in [3.8, 4) is 0 Å². The van der Waals surface area contributed by atoms with Gasteiger partial charge in [-0.25, -0.2) is 0 Å². The van der Waals surface area contributed by atoms with E-state index in [4.69, 9.17) is 0 Å². The van der Waals surface area contributed by atoms with Crippen molar-refractivity contribution < 1.29 is 4.79 Å². The quantitative estimate of drug-likeness (QED) is 0.589. The molecule has 1 aromatic rings. The van der Waals surface area contributed by atoms with E-state index >= 15 is 0 Å². The third-order valence-electron chi connectivity index (χ3n) is 4.65. The van der Waals surface area contributed by atoms with Gasteiger partial charge in [-0.2, -0.15) is 0 Å². The van der Waals surface area contributed by atoms with E-state index in [2.05, 4.69) is 36.5 Å². The molecule has 0 amide bonds. The number of nitrogens with one attached hydrogen (secondary N) is 1. The average Bonchev–Trinajstić information content (AvgIpc) is 2.57. The minimum absolute atomic E-state index is 0.257. The molecule has 0 spiro atoms. The van der Waals surface area contributed by atoms with Gasteiger partial charge in [0.2, 0.25) is 0 Å². The molecule has 0 saturated carbocycles. The third-order valence-corrected chi connectivity index (χ3v) is 4.65. The molecule has 0 bridgehead atoms. The highest BCUT2D eigenvalue weighted by molar-refractivity contribution is 5.91. The number of rotatable bonds is 10. The van der Waals surface area contributed by atoms with Crippen molar-refractivity contribution in [2.75, 3.05) is 6.54 Å². The zero-order valence-electron chi connectivity index (χ0n) is 14.5. The lowest BCUT2D eigenvalue weighted by molar-refractivity contribution is -0.115. The predicted molar refractivity (Wildman–Crippen MR) is 97.5 cm³/mol. The molecule has 126 valence electrons. The Morgan fingerprint density at radius 3 is 2.39 bits per heavy atom. The van der Waals surface area contributed by atoms with Crippen molar-refractivity contribution in [2.24, 2.45) is 0 Å². The molecule has 23 heavy (non-hydrogen) atoms. The highest BCUT2D eigenvalue weighted by atomic mass is 16.1. The summed E-state index contributed by atoms with van der Waals surface area (Å²) in [5.74, 6) is 0.595. The summed E-state index contributed by atoms with van der Waals surface area (Å²) in [6, 6.07) is 10.4. The average molecular weight is 313 g/mol. The minimum atomic E-state index is 0.257. The Balaban J connectivity index is 1.68. The van der Waals surface area contributed by atoms with Crippen LogP contribution in [0.4, 0.5) is 0 Å². The lowest BCUT2D eigenvalue weighted by Crippen LogP contribution is -2.22. The fraction of sp³-hybridized carbons (Fsp3) is 0.571. The van der Waals surface area contributed by atoms with Crippen LogP contribution in [0.5, 0.6) is 0 Å². The number of hydrogen-bond donors (Lipinski definition) is 1. The van der Waals surface area contributed by atoms with Crippen molar-refractivity contribution in [1.82, 2.24) is 5.32 Å². The van der Waals surface area contributed by atoms with Crippen molar-refractivity contribution >= 4 is 5.78 Å². The monoisotopic (exact) mass is 313 g/mol. The van der Waals surface area contributed by atoms with Crippen LogP contribution in [0.3, 0.4) is 0 Å². The van der Waals surface area contributed by atoms with E-state index in [0.29, 0.717) is 12.3 Å². The van der Waals surface area contributed by atoms with Crippen LogP contribution in [0.1, 0.15) is 76.2 Å². The number of carbonyl (C=O) groups excluding carboxylic acids is 1. The van der Waals surface area contributed by atoms with E-state index < -0.39 is 0 Å². The van der Waals surface area contributed by atoms with E-state index in [1.807, 2.05) is 12.1 Å². The van der Waals surface area contributed by atoms with Crippen LogP contribution in [0.2, 0.25) is 0 Å². The van der Waals surface area contributed by atoms with Gasteiger partial charge in [-0.3, -0.25) is 4.79 Å². The number of carbonyl (C=O) groups is 1. The molecule has 2 nitrogen and oxygen atoms in total. The van der Waals surface area contributed by atoms with Crippen LogP contribution in [0, 0.1) is 0 Å². The number of hydrogen-bond acceptors (Lipinski definition) is 2. The number of benzene rings is 1. The van der Waals surface area contributed by atoms with Crippen LogP contribution in [0.25, 0.3) is 0 Å². The normalized spacial score (nSPS) is 17.9. The standard InChI is InChI=1S/C21H31NO/c1-2-3-4-5-6-7-11-14-22-20-15-19(16-21(23)17-20)18-12-9-8-10-13-18/h8-10,12-13,17,19,22H,2-7,11,14-16H2,1H3. The van der Waals surface area contributed by atoms with Crippen molar-refractivity contribution in [3.05, 3.63) is 47.7 Å². The molecule has 0 heterocycles. The van der Waals surface area contributed by atoms with E-state index in [1.165, 1.54) is 50.5 Å². The first-order valence-electron chi connectivity index (χ1n) is 9.32. The fourth-order valence-electron chi connectivity index (χ4n) is 3.31. The van der Waals surface area contributed by atoms with Gasteiger partial charge >= 0.3 is 0 Å². The van der Waals surface area contributed by atoms with Crippen LogP contribution < -0.4 is 5.32 Å². The van der Waals surface area contributed by atoms with E-state index in [1.54, 1.807) is 0 Å². The molecule has 1 aliphatic carbocycles. The maximum atomic E-state index is 12.0. The second-order valence-corrected chi connectivity index (χ2v) is 6.70. The summed E-state index contributed by atoms with van der Waals surface area (Å²) in [4.78, 5) is 12.0. The Morgan fingerprint density at radius 1 is 0.957 bits per heavy atom. The number of unbranched alkanes of at least 4 members (excludes halogenated alkanes) is 6. The molecular formula is C21H31NO. The van der Waals surface area contributed by atoms with Gasteiger partial charge in [0.05, 0.1) is 0 Å². The molecule has 0 radical (unpaired) electrons. The topological polar surface area (TPSA) is 29.1 Å². The molecule has 0 fully saturated rings. The fourth-order valence-corrected chi connectivity index (χ4v) is 3.31.